The molecule has 0 aliphatic carbocycles. The van der Waals surface area contributed by atoms with E-state index in [4.69, 9.17) is 14.9 Å². The van der Waals surface area contributed by atoms with Gasteiger partial charge in [-0.1, -0.05) is 54.1 Å². The van der Waals surface area contributed by atoms with Crippen LogP contribution in [0.25, 0.3) is 22.5 Å². The second-order valence-corrected chi connectivity index (χ2v) is 7.25. The summed E-state index contributed by atoms with van der Waals surface area (Å²) in [7, 11) is 0. The molecule has 0 amide bonds. The predicted octanol–water partition coefficient (Wildman–Crippen LogP) is 5.18. The average molecular weight is 416 g/mol. The van der Waals surface area contributed by atoms with Crippen molar-refractivity contribution in [1.82, 2.24) is 9.78 Å². The number of hydrogen-bond donors (Lipinski definition) is 1. The summed E-state index contributed by atoms with van der Waals surface area (Å²) in [6.07, 6.45) is 0. The molecule has 0 spiro atoms. The van der Waals surface area contributed by atoms with E-state index >= 15 is 0 Å². The first kappa shape index (κ1) is 20.3. The number of aryl methyl sites for hydroxylation is 1. The van der Waals surface area contributed by atoms with E-state index in [1.165, 1.54) is 12.1 Å². The smallest absolute Gasteiger partial charge is 0.341 e. The molecule has 0 radical (unpaired) electrons. The van der Waals surface area contributed by atoms with Gasteiger partial charge in [0, 0.05) is 11.1 Å². The monoisotopic (exact) mass is 416 g/mol. The van der Waals surface area contributed by atoms with Crippen LogP contribution in [-0.2, 0) is 11.3 Å². The summed E-state index contributed by atoms with van der Waals surface area (Å²) < 4.78 is 21.2. The number of aliphatic carboxylic acids is 1. The van der Waals surface area contributed by atoms with Gasteiger partial charge in [-0.25, -0.2) is 9.18 Å². The van der Waals surface area contributed by atoms with Gasteiger partial charge in [0.2, 0.25) is 0 Å². The summed E-state index contributed by atoms with van der Waals surface area (Å²) >= 11 is 0. The Hall–Kier alpha value is -3.93. The number of nitrogens with zero attached hydrogens (tertiary/aromatic N) is 2. The Morgan fingerprint density at radius 2 is 1.84 bits per heavy atom. The fraction of sp³-hybridized carbons (Fsp3) is 0.120. The molecular weight excluding hydrogens is 395 g/mol. The van der Waals surface area contributed by atoms with E-state index in [0.717, 1.165) is 16.8 Å². The molecule has 156 valence electrons. The van der Waals surface area contributed by atoms with Crippen molar-refractivity contribution in [3.8, 4) is 28.3 Å². The molecule has 1 heterocycles. The fourth-order valence-corrected chi connectivity index (χ4v) is 3.41. The van der Waals surface area contributed by atoms with Crippen LogP contribution < -0.4 is 4.74 Å². The summed E-state index contributed by atoms with van der Waals surface area (Å²) in [6.45, 7) is 2.00. The lowest BCUT2D eigenvalue weighted by Gasteiger charge is -2.09. The fourth-order valence-electron chi connectivity index (χ4n) is 3.41. The third kappa shape index (κ3) is 4.80. The minimum absolute atomic E-state index is 0.326. The number of hydrogen-bond acceptors (Lipinski definition) is 3. The van der Waals surface area contributed by atoms with E-state index in [9.17, 15) is 9.18 Å². The molecule has 1 N–H and O–H groups in total. The highest BCUT2D eigenvalue weighted by Gasteiger charge is 2.16. The Morgan fingerprint density at radius 3 is 2.58 bits per heavy atom. The molecule has 0 saturated heterocycles. The molecule has 0 aliphatic heterocycles. The number of carboxylic acid groups (broad SMARTS) is 1. The van der Waals surface area contributed by atoms with E-state index in [-0.39, 0.29) is 5.82 Å². The van der Waals surface area contributed by atoms with Crippen molar-refractivity contribution in [2.45, 2.75) is 13.5 Å². The molecule has 0 saturated carbocycles. The van der Waals surface area contributed by atoms with Gasteiger partial charge in [-0.2, -0.15) is 5.10 Å². The Kier molecular flexibility index (Phi) is 5.80. The predicted molar refractivity (Wildman–Crippen MR) is 116 cm³/mol. The maximum Gasteiger partial charge on any atom is 0.341 e. The molecule has 1 aromatic heterocycles. The molecule has 4 aromatic rings. The molecule has 0 bridgehead atoms. The summed E-state index contributed by atoms with van der Waals surface area (Å²) in [6, 6.07) is 23.6. The zero-order chi connectivity index (χ0) is 21.8. The van der Waals surface area contributed by atoms with Crippen molar-refractivity contribution in [1.29, 1.82) is 0 Å². The third-order valence-electron chi connectivity index (χ3n) is 4.84. The van der Waals surface area contributed by atoms with Crippen molar-refractivity contribution >= 4 is 5.97 Å². The van der Waals surface area contributed by atoms with Gasteiger partial charge in [0.05, 0.1) is 17.9 Å². The number of carboxylic acids is 1. The number of ether oxygens (including phenoxy) is 1. The first-order valence-corrected chi connectivity index (χ1v) is 9.83. The van der Waals surface area contributed by atoms with Gasteiger partial charge in [0.25, 0.3) is 0 Å². The standard InChI is InChI=1S/C25H21FN2O3/c1-17-10-11-24(31-16-25(29)30)21(12-17)22-14-23(19-8-5-9-20(26)13-19)28(27-22)15-18-6-3-2-4-7-18/h2-14H,15-16H2,1H3,(H,29,30). The van der Waals surface area contributed by atoms with E-state index < -0.39 is 12.6 Å². The lowest BCUT2D eigenvalue weighted by Crippen LogP contribution is -2.10. The Bertz CT molecular complexity index is 1220. The number of benzene rings is 3. The summed E-state index contributed by atoms with van der Waals surface area (Å²) in [5.41, 5.74) is 4.81. The molecular formula is C25H21FN2O3. The van der Waals surface area contributed by atoms with Gasteiger partial charge in [0.1, 0.15) is 11.6 Å². The Morgan fingerprint density at radius 1 is 1.03 bits per heavy atom. The van der Waals surface area contributed by atoms with Crippen molar-refractivity contribution in [3.05, 3.63) is 95.8 Å². The number of halogens is 1. The first-order chi connectivity index (χ1) is 15.0. The van der Waals surface area contributed by atoms with Crippen molar-refractivity contribution < 1.29 is 19.0 Å². The normalized spacial score (nSPS) is 10.8. The van der Waals surface area contributed by atoms with Gasteiger partial charge in [-0.3, -0.25) is 4.68 Å². The minimum Gasteiger partial charge on any atom is -0.481 e. The van der Waals surface area contributed by atoms with Gasteiger partial charge in [0.15, 0.2) is 6.61 Å². The van der Waals surface area contributed by atoms with Crippen LogP contribution in [0.3, 0.4) is 0 Å². The van der Waals surface area contributed by atoms with Crippen LogP contribution in [0.5, 0.6) is 5.75 Å². The largest absolute Gasteiger partial charge is 0.481 e. The maximum atomic E-state index is 13.9. The van der Waals surface area contributed by atoms with E-state index in [1.54, 1.807) is 12.1 Å². The SMILES string of the molecule is Cc1ccc(OCC(=O)O)c(-c2cc(-c3cccc(F)c3)n(Cc3ccccc3)n2)c1. The molecule has 5 nitrogen and oxygen atoms in total. The maximum absolute atomic E-state index is 13.9. The quantitative estimate of drug-likeness (QED) is 0.451. The molecule has 3 aromatic carbocycles. The van der Waals surface area contributed by atoms with Crippen LogP contribution >= 0.6 is 0 Å². The highest BCUT2D eigenvalue weighted by atomic mass is 19.1. The molecule has 0 aliphatic rings. The van der Waals surface area contributed by atoms with E-state index in [0.29, 0.717) is 29.1 Å². The highest BCUT2D eigenvalue weighted by molar-refractivity contribution is 5.74. The van der Waals surface area contributed by atoms with Crippen LogP contribution in [0.1, 0.15) is 11.1 Å². The van der Waals surface area contributed by atoms with Gasteiger partial charge in [-0.15, -0.1) is 0 Å². The van der Waals surface area contributed by atoms with Gasteiger partial charge in [-0.05, 0) is 42.8 Å². The molecule has 31 heavy (non-hydrogen) atoms. The summed E-state index contributed by atoms with van der Waals surface area (Å²) in [4.78, 5) is 11.0. The summed E-state index contributed by atoms with van der Waals surface area (Å²) in [5, 5.41) is 13.8. The van der Waals surface area contributed by atoms with E-state index in [2.05, 4.69) is 0 Å². The number of aromatic nitrogens is 2. The molecule has 0 atom stereocenters. The Labute approximate surface area is 179 Å². The van der Waals surface area contributed by atoms with Crippen LogP contribution in [-0.4, -0.2) is 27.5 Å². The van der Waals surface area contributed by atoms with E-state index in [1.807, 2.05) is 66.2 Å². The van der Waals surface area contributed by atoms with Crippen LogP contribution in [0, 0.1) is 12.7 Å². The lowest BCUT2D eigenvalue weighted by molar-refractivity contribution is -0.139. The molecule has 6 heteroatoms. The second-order valence-electron chi connectivity index (χ2n) is 7.25. The zero-order valence-corrected chi connectivity index (χ0v) is 17.0. The number of carbonyl (C=O) groups is 1. The van der Waals surface area contributed by atoms with Crippen LogP contribution in [0.2, 0.25) is 0 Å². The highest BCUT2D eigenvalue weighted by Crippen LogP contribution is 2.33. The molecule has 4 rings (SSSR count). The minimum atomic E-state index is -1.05. The third-order valence-corrected chi connectivity index (χ3v) is 4.84. The van der Waals surface area contributed by atoms with Crippen molar-refractivity contribution in [2.24, 2.45) is 0 Å². The second kappa shape index (κ2) is 8.83. The van der Waals surface area contributed by atoms with Gasteiger partial charge < -0.3 is 9.84 Å². The summed E-state index contributed by atoms with van der Waals surface area (Å²) in [5.74, 6) is -0.947. The van der Waals surface area contributed by atoms with Crippen molar-refractivity contribution in [2.75, 3.05) is 6.61 Å². The van der Waals surface area contributed by atoms with Crippen molar-refractivity contribution in [3.63, 3.8) is 0 Å². The average Bonchev–Trinajstić information content (AvgIpc) is 3.17. The Balaban J connectivity index is 1.82. The first-order valence-electron chi connectivity index (χ1n) is 9.83. The van der Waals surface area contributed by atoms with Crippen LogP contribution in [0.4, 0.5) is 4.39 Å². The lowest BCUT2D eigenvalue weighted by atomic mass is 10.1. The molecule has 0 fully saturated rings. The number of rotatable bonds is 7. The zero-order valence-electron chi connectivity index (χ0n) is 17.0. The van der Waals surface area contributed by atoms with Crippen LogP contribution in [0.15, 0.2) is 78.9 Å². The van der Waals surface area contributed by atoms with Gasteiger partial charge >= 0.3 is 5.97 Å². The molecule has 0 unspecified atom stereocenters. The topological polar surface area (TPSA) is 64.3 Å².